The Labute approximate surface area is 193 Å². The number of nitrogens with one attached hydrogen (secondary N) is 1. The maximum Gasteiger partial charge on any atom is 0.139 e. The lowest BCUT2D eigenvalue weighted by atomic mass is 10.0. The minimum absolute atomic E-state index is 0.461. The van der Waals surface area contributed by atoms with Crippen LogP contribution >= 0.6 is 22.9 Å². The van der Waals surface area contributed by atoms with Gasteiger partial charge in [0, 0.05) is 35.6 Å². The Balaban J connectivity index is 1.42. The van der Waals surface area contributed by atoms with Crippen LogP contribution < -0.4 is 5.32 Å². The van der Waals surface area contributed by atoms with Crippen molar-refractivity contribution in [1.82, 2.24) is 9.80 Å². The molecule has 31 heavy (non-hydrogen) atoms. The van der Waals surface area contributed by atoms with Gasteiger partial charge in [-0.3, -0.25) is 4.90 Å². The van der Waals surface area contributed by atoms with E-state index >= 15 is 0 Å². The predicted molar refractivity (Wildman–Crippen MR) is 133 cm³/mol. The summed E-state index contributed by atoms with van der Waals surface area (Å²) < 4.78 is 0. The monoisotopic (exact) mass is 450 g/mol. The molecule has 2 aliphatic heterocycles. The highest BCUT2D eigenvalue weighted by molar-refractivity contribution is 7.16. The fourth-order valence-corrected chi connectivity index (χ4v) is 5.61. The van der Waals surface area contributed by atoms with Crippen molar-refractivity contribution in [2.45, 2.75) is 25.8 Å². The molecule has 1 saturated heterocycles. The minimum Gasteiger partial charge on any atom is -0.353 e. The Morgan fingerprint density at radius 1 is 1.13 bits per heavy atom. The molecule has 3 aromatic rings. The lowest BCUT2D eigenvalue weighted by molar-refractivity contribution is 0.134. The van der Waals surface area contributed by atoms with Gasteiger partial charge in [-0.05, 0) is 56.6 Å². The van der Waals surface area contributed by atoms with Crippen molar-refractivity contribution >= 4 is 45.1 Å². The van der Waals surface area contributed by atoms with Crippen molar-refractivity contribution in [2.75, 3.05) is 32.0 Å². The maximum atomic E-state index is 6.40. The van der Waals surface area contributed by atoms with Crippen LogP contribution in [-0.2, 0) is 6.42 Å². The number of anilines is 2. The molecule has 6 heteroatoms. The molecule has 1 atom stereocenters. The topological polar surface area (TPSA) is 30.9 Å². The summed E-state index contributed by atoms with van der Waals surface area (Å²) in [4.78, 5) is 11.4. The van der Waals surface area contributed by atoms with E-state index in [4.69, 9.17) is 16.6 Å². The Morgan fingerprint density at radius 3 is 2.81 bits per heavy atom. The standard InChI is InChI=1S/C25H27ClN4S/c1-17-15-20-24(27-22-9-5-6-10-23(22)28-25(20)31-17)30-14-13-29(2)19(16-30)12-11-18-7-3-4-8-21(18)26/h3-10,15,19,28H,11-14,16H2,1-2H3. The summed E-state index contributed by atoms with van der Waals surface area (Å²) in [5, 5.41) is 5.67. The third kappa shape index (κ3) is 4.22. The fourth-order valence-electron chi connectivity index (χ4n) is 4.46. The number of thiophene rings is 1. The molecular formula is C25H27ClN4S. The van der Waals surface area contributed by atoms with Gasteiger partial charge in [0.05, 0.1) is 16.9 Å². The van der Waals surface area contributed by atoms with E-state index in [1.165, 1.54) is 21.0 Å². The number of amidine groups is 1. The van der Waals surface area contributed by atoms with Crippen molar-refractivity contribution in [3.8, 4) is 0 Å². The number of hydrogen-bond acceptors (Lipinski definition) is 5. The number of piperazine rings is 1. The van der Waals surface area contributed by atoms with Crippen LogP contribution in [-0.4, -0.2) is 48.4 Å². The van der Waals surface area contributed by atoms with Gasteiger partial charge >= 0.3 is 0 Å². The molecule has 0 spiro atoms. The van der Waals surface area contributed by atoms with Crippen LogP contribution in [0.3, 0.4) is 0 Å². The first-order valence-corrected chi connectivity index (χ1v) is 12.0. The second-order valence-corrected chi connectivity index (χ2v) is 10.1. The Kier molecular flexibility index (Phi) is 5.74. The van der Waals surface area contributed by atoms with Gasteiger partial charge < -0.3 is 10.2 Å². The van der Waals surface area contributed by atoms with E-state index in [9.17, 15) is 0 Å². The molecule has 3 heterocycles. The molecule has 2 aliphatic rings. The van der Waals surface area contributed by atoms with Crippen LogP contribution in [0.5, 0.6) is 0 Å². The van der Waals surface area contributed by atoms with Gasteiger partial charge in [-0.2, -0.15) is 0 Å². The molecule has 4 nitrogen and oxygen atoms in total. The van der Waals surface area contributed by atoms with Crippen molar-refractivity contribution in [2.24, 2.45) is 4.99 Å². The van der Waals surface area contributed by atoms with Gasteiger partial charge in [0.25, 0.3) is 0 Å². The normalized spacial score (nSPS) is 18.6. The largest absolute Gasteiger partial charge is 0.353 e. The Morgan fingerprint density at radius 2 is 1.94 bits per heavy atom. The van der Waals surface area contributed by atoms with Crippen LogP contribution in [0.25, 0.3) is 0 Å². The second-order valence-electron chi connectivity index (χ2n) is 8.39. The number of benzene rings is 2. The number of aliphatic imine (C=N–C) groups is 1. The molecule has 0 amide bonds. The number of para-hydroxylation sites is 2. The van der Waals surface area contributed by atoms with E-state index in [1.807, 2.05) is 12.1 Å². The van der Waals surface area contributed by atoms with Gasteiger partial charge in [0.1, 0.15) is 10.8 Å². The summed E-state index contributed by atoms with van der Waals surface area (Å²) in [5.74, 6) is 1.09. The quantitative estimate of drug-likeness (QED) is 0.523. The maximum absolute atomic E-state index is 6.40. The number of aryl methyl sites for hydroxylation is 2. The molecular weight excluding hydrogens is 424 g/mol. The average molecular weight is 451 g/mol. The molecule has 0 radical (unpaired) electrons. The predicted octanol–water partition coefficient (Wildman–Crippen LogP) is 6.09. The number of rotatable bonds is 3. The first-order chi connectivity index (χ1) is 15.1. The van der Waals surface area contributed by atoms with Gasteiger partial charge in [-0.25, -0.2) is 4.99 Å². The summed E-state index contributed by atoms with van der Waals surface area (Å²) in [6.07, 6.45) is 2.07. The van der Waals surface area contributed by atoms with Crippen LogP contribution in [0.2, 0.25) is 5.02 Å². The summed E-state index contributed by atoms with van der Waals surface area (Å²) in [5.41, 5.74) is 4.53. The molecule has 1 fully saturated rings. The zero-order valence-corrected chi connectivity index (χ0v) is 19.5. The third-order valence-electron chi connectivity index (χ3n) is 6.26. The van der Waals surface area contributed by atoms with Crippen LogP contribution in [0.4, 0.5) is 16.4 Å². The van der Waals surface area contributed by atoms with E-state index in [1.54, 1.807) is 11.3 Å². The van der Waals surface area contributed by atoms with Gasteiger partial charge in [-0.15, -0.1) is 11.3 Å². The zero-order valence-electron chi connectivity index (χ0n) is 17.9. The first-order valence-electron chi connectivity index (χ1n) is 10.8. The lowest BCUT2D eigenvalue weighted by Gasteiger charge is -2.41. The van der Waals surface area contributed by atoms with E-state index in [2.05, 4.69) is 71.6 Å². The average Bonchev–Trinajstić information content (AvgIpc) is 3.06. The van der Waals surface area contributed by atoms with E-state index in [0.29, 0.717) is 6.04 Å². The van der Waals surface area contributed by atoms with E-state index in [-0.39, 0.29) is 0 Å². The number of fused-ring (bicyclic) bond motifs is 2. The SMILES string of the molecule is Cc1cc2c(s1)Nc1ccccc1N=C2N1CCN(C)C(CCc2ccccc2Cl)C1. The highest BCUT2D eigenvalue weighted by Crippen LogP contribution is 2.39. The highest BCUT2D eigenvalue weighted by Gasteiger charge is 2.30. The Bertz CT molecular complexity index is 1120. The highest BCUT2D eigenvalue weighted by atomic mass is 35.5. The van der Waals surface area contributed by atoms with Gasteiger partial charge in [-0.1, -0.05) is 41.9 Å². The molecule has 5 rings (SSSR count). The Hall–Kier alpha value is -2.34. The summed E-state index contributed by atoms with van der Waals surface area (Å²) >= 11 is 8.21. The van der Waals surface area contributed by atoms with Crippen molar-refractivity contribution in [3.63, 3.8) is 0 Å². The first kappa shape index (κ1) is 20.6. The van der Waals surface area contributed by atoms with Gasteiger partial charge in [0.15, 0.2) is 0 Å². The number of nitrogens with zero attached hydrogens (tertiary/aromatic N) is 3. The number of hydrogen-bond donors (Lipinski definition) is 1. The van der Waals surface area contributed by atoms with Crippen molar-refractivity contribution < 1.29 is 0 Å². The number of likely N-dealkylation sites (N-methyl/N-ethyl adjacent to an activating group) is 1. The lowest BCUT2D eigenvalue weighted by Crippen LogP contribution is -2.53. The summed E-state index contributed by atoms with van der Waals surface area (Å²) in [6.45, 7) is 5.14. The van der Waals surface area contributed by atoms with Gasteiger partial charge in [0.2, 0.25) is 0 Å². The molecule has 1 N–H and O–H groups in total. The van der Waals surface area contributed by atoms with E-state index in [0.717, 1.165) is 54.7 Å². The molecule has 1 unspecified atom stereocenters. The molecule has 1 aromatic heterocycles. The molecule has 0 bridgehead atoms. The summed E-state index contributed by atoms with van der Waals surface area (Å²) in [7, 11) is 2.24. The fraction of sp³-hybridized carbons (Fsp3) is 0.320. The molecule has 0 aliphatic carbocycles. The van der Waals surface area contributed by atoms with Crippen LogP contribution in [0.1, 0.15) is 22.4 Å². The molecule has 2 aromatic carbocycles. The summed E-state index contributed by atoms with van der Waals surface area (Å²) in [6, 6.07) is 19.3. The smallest absolute Gasteiger partial charge is 0.139 e. The van der Waals surface area contributed by atoms with Crippen molar-refractivity contribution in [3.05, 3.63) is 75.6 Å². The van der Waals surface area contributed by atoms with E-state index < -0.39 is 0 Å². The van der Waals surface area contributed by atoms with Crippen molar-refractivity contribution in [1.29, 1.82) is 0 Å². The number of halogens is 1. The minimum atomic E-state index is 0.461. The van der Waals surface area contributed by atoms with Crippen LogP contribution in [0.15, 0.2) is 59.6 Å². The molecule has 160 valence electrons. The molecule has 0 saturated carbocycles. The van der Waals surface area contributed by atoms with Crippen LogP contribution in [0, 0.1) is 6.92 Å². The zero-order chi connectivity index (χ0) is 21.4. The second kappa shape index (κ2) is 8.65. The third-order valence-corrected chi connectivity index (χ3v) is 7.59.